The van der Waals surface area contributed by atoms with Crippen molar-refractivity contribution in [3.8, 4) is 0 Å². The van der Waals surface area contributed by atoms with Crippen molar-refractivity contribution in [1.29, 1.82) is 0 Å². The van der Waals surface area contributed by atoms with Gasteiger partial charge in [0.1, 0.15) is 0 Å². The fourth-order valence-corrected chi connectivity index (χ4v) is 3.18. The monoisotopic (exact) mass is 226 g/mol. The number of aliphatic hydroxyl groups excluding tert-OH is 1. The molecule has 2 atom stereocenters. The molecule has 3 heteroatoms. The average Bonchev–Trinajstić information content (AvgIpc) is 2.47. The maximum atomic E-state index is 9.34. The zero-order valence-corrected chi connectivity index (χ0v) is 10.9. The van der Waals surface area contributed by atoms with Crippen molar-refractivity contribution < 1.29 is 5.11 Å². The summed E-state index contributed by atoms with van der Waals surface area (Å²) in [6.45, 7) is 8.01. The topological polar surface area (TPSA) is 26.7 Å². The molecule has 0 saturated carbocycles. The molecule has 2 rings (SSSR count). The van der Waals surface area contributed by atoms with E-state index in [1.807, 2.05) is 0 Å². The van der Waals surface area contributed by atoms with E-state index in [4.69, 9.17) is 0 Å². The number of hydrogen-bond acceptors (Lipinski definition) is 3. The molecule has 16 heavy (non-hydrogen) atoms. The Morgan fingerprint density at radius 2 is 1.88 bits per heavy atom. The molecule has 0 aromatic rings. The minimum absolute atomic E-state index is 0.0438. The molecule has 2 fully saturated rings. The van der Waals surface area contributed by atoms with Crippen LogP contribution in [0.15, 0.2) is 0 Å². The molecule has 0 radical (unpaired) electrons. The van der Waals surface area contributed by atoms with Crippen LogP contribution in [0.25, 0.3) is 0 Å². The first-order valence-electron chi connectivity index (χ1n) is 6.57. The normalized spacial score (nSPS) is 33.0. The Balaban J connectivity index is 1.94. The SMILES string of the molecule is CN1C2CCC1CN(CC(C)(C)CO)CC2. The fraction of sp³-hybridized carbons (Fsp3) is 1.00. The van der Waals surface area contributed by atoms with Gasteiger partial charge < -0.3 is 10.0 Å². The first kappa shape index (κ1) is 12.3. The van der Waals surface area contributed by atoms with Crippen LogP contribution in [0.4, 0.5) is 0 Å². The quantitative estimate of drug-likeness (QED) is 0.782. The summed E-state index contributed by atoms with van der Waals surface area (Å²) in [6.07, 6.45) is 4.05. The lowest BCUT2D eigenvalue weighted by Crippen LogP contribution is -2.41. The van der Waals surface area contributed by atoms with E-state index in [2.05, 4.69) is 30.7 Å². The number of likely N-dealkylation sites (N-methyl/N-ethyl adjacent to an activating group) is 1. The summed E-state index contributed by atoms with van der Waals surface area (Å²) in [6, 6.07) is 1.56. The van der Waals surface area contributed by atoms with E-state index in [0.717, 1.165) is 18.6 Å². The number of fused-ring (bicyclic) bond motifs is 2. The first-order valence-corrected chi connectivity index (χ1v) is 6.57. The zero-order valence-electron chi connectivity index (χ0n) is 10.9. The largest absolute Gasteiger partial charge is 0.396 e. The molecule has 0 amide bonds. The van der Waals surface area contributed by atoms with Crippen LogP contribution in [0.3, 0.4) is 0 Å². The van der Waals surface area contributed by atoms with Gasteiger partial charge >= 0.3 is 0 Å². The molecule has 0 aromatic heterocycles. The van der Waals surface area contributed by atoms with Gasteiger partial charge in [0.2, 0.25) is 0 Å². The highest BCUT2D eigenvalue weighted by Crippen LogP contribution is 2.29. The molecule has 2 aliphatic rings. The van der Waals surface area contributed by atoms with Gasteiger partial charge in [0.25, 0.3) is 0 Å². The molecule has 2 aliphatic heterocycles. The summed E-state index contributed by atoms with van der Waals surface area (Å²) < 4.78 is 0. The van der Waals surface area contributed by atoms with E-state index < -0.39 is 0 Å². The van der Waals surface area contributed by atoms with Crippen LogP contribution in [0.1, 0.15) is 33.1 Å². The molecule has 0 aliphatic carbocycles. The molecule has 2 bridgehead atoms. The Kier molecular flexibility index (Phi) is 3.57. The summed E-state index contributed by atoms with van der Waals surface area (Å²) in [5.74, 6) is 0. The molecular formula is C13H26N2O. The summed E-state index contributed by atoms with van der Waals surface area (Å²) in [5, 5.41) is 9.34. The fourth-order valence-electron chi connectivity index (χ4n) is 3.18. The molecule has 0 spiro atoms. The van der Waals surface area contributed by atoms with Crippen molar-refractivity contribution >= 4 is 0 Å². The number of nitrogens with zero attached hydrogens (tertiary/aromatic N) is 2. The summed E-state index contributed by atoms with van der Waals surface area (Å²) in [4.78, 5) is 5.13. The highest BCUT2D eigenvalue weighted by Gasteiger charge is 2.35. The summed E-state index contributed by atoms with van der Waals surface area (Å²) in [7, 11) is 2.28. The molecule has 2 heterocycles. The van der Waals surface area contributed by atoms with Gasteiger partial charge in [-0.25, -0.2) is 0 Å². The van der Waals surface area contributed by atoms with Crippen LogP contribution < -0.4 is 0 Å². The van der Waals surface area contributed by atoms with Gasteiger partial charge in [-0.15, -0.1) is 0 Å². The van der Waals surface area contributed by atoms with Crippen molar-refractivity contribution in [2.75, 3.05) is 33.3 Å². The van der Waals surface area contributed by atoms with E-state index in [-0.39, 0.29) is 12.0 Å². The van der Waals surface area contributed by atoms with Gasteiger partial charge in [0.15, 0.2) is 0 Å². The summed E-state index contributed by atoms with van der Waals surface area (Å²) >= 11 is 0. The average molecular weight is 226 g/mol. The molecule has 3 nitrogen and oxygen atoms in total. The highest BCUT2D eigenvalue weighted by atomic mass is 16.3. The van der Waals surface area contributed by atoms with Gasteiger partial charge in [0, 0.05) is 37.2 Å². The molecule has 0 aromatic carbocycles. The van der Waals surface area contributed by atoms with E-state index in [9.17, 15) is 5.11 Å². The summed E-state index contributed by atoms with van der Waals surface area (Å²) in [5.41, 5.74) is 0.0438. The van der Waals surface area contributed by atoms with Crippen molar-refractivity contribution in [3.05, 3.63) is 0 Å². The number of rotatable bonds is 3. The van der Waals surface area contributed by atoms with Crippen LogP contribution in [0.2, 0.25) is 0 Å². The van der Waals surface area contributed by atoms with Crippen LogP contribution in [-0.2, 0) is 0 Å². The van der Waals surface area contributed by atoms with Crippen molar-refractivity contribution in [2.24, 2.45) is 5.41 Å². The molecule has 1 N–H and O–H groups in total. The number of likely N-dealkylation sites (tertiary alicyclic amines) is 1. The third-order valence-corrected chi connectivity index (χ3v) is 4.31. The zero-order chi connectivity index (χ0) is 11.8. The molecule has 2 unspecified atom stereocenters. The van der Waals surface area contributed by atoms with E-state index >= 15 is 0 Å². The van der Waals surface area contributed by atoms with Crippen molar-refractivity contribution in [2.45, 2.75) is 45.2 Å². The Morgan fingerprint density at radius 3 is 2.56 bits per heavy atom. The lowest BCUT2D eigenvalue weighted by Gasteiger charge is -2.32. The molecular weight excluding hydrogens is 200 g/mol. The van der Waals surface area contributed by atoms with Crippen LogP contribution >= 0.6 is 0 Å². The number of aliphatic hydroxyl groups is 1. The Morgan fingerprint density at radius 1 is 1.19 bits per heavy atom. The maximum Gasteiger partial charge on any atom is 0.0494 e. The van der Waals surface area contributed by atoms with E-state index in [1.165, 1.54) is 32.4 Å². The van der Waals surface area contributed by atoms with E-state index in [0.29, 0.717) is 0 Å². The van der Waals surface area contributed by atoms with E-state index in [1.54, 1.807) is 0 Å². The minimum Gasteiger partial charge on any atom is -0.396 e. The Labute approximate surface area is 99.4 Å². The predicted molar refractivity (Wildman–Crippen MR) is 66.5 cm³/mol. The number of hydrogen-bond donors (Lipinski definition) is 1. The van der Waals surface area contributed by atoms with Crippen LogP contribution in [0.5, 0.6) is 0 Å². The maximum absolute atomic E-state index is 9.34. The predicted octanol–water partition coefficient (Wildman–Crippen LogP) is 1.17. The lowest BCUT2D eigenvalue weighted by atomic mass is 9.93. The van der Waals surface area contributed by atoms with Crippen molar-refractivity contribution in [1.82, 2.24) is 9.80 Å². The minimum atomic E-state index is 0.0438. The second-order valence-corrected chi connectivity index (χ2v) is 6.40. The van der Waals surface area contributed by atoms with Gasteiger partial charge in [-0.2, -0.15) is 0 Å². The molecule has 94 valence electrons. The van der Waals surface area contributed by atoms with Gasteiger partial charge in [-0.3, -0.25) is 4.90 Å². The third kappa shape index (κ3) is 2.58. The van der Waals surface area contributed by atoms with Crippen molar-refractivity contribution in [3.63, 3.8) is 0 Å². The second-order valence-electron chi connectivity index (χ2n) is 6.40. The highest BCUT2D eigenvalue weighted by molar-refractivity contribution is 4.91. The standard InChI is InChI=1S/C13H26N2O/c1-13(2,10-16)9-15-7-6-11-4-5-12(8-15)14(11)3/h11-12,16H,4-10H2,1-3H3. The molecule has 2 saturated heterocycles. The Bertz CT molecular complexity index is 242. The lowest BCUT2D eigenvalue weighted by molar-refractivity contribution is 0.0972. The first-order chi connectivity index (χ1) is 7.52. The van der Waals surface area contributed by atoms with Crippen LogP contribution in [-0.4, -0.2) is 60.3 Å². The van der Waals surface area contributed by atoms with Gasteiger partial charge in [0.05, 0.1) is 0 Å². The van der Waals surface area contributed by atoms with Gasteiger partial charge in [-0.05, 0) is 32.9 Å². The third-order valence-electron chi connectivity index (χ3n) is 4.31. The van der Waals surface area contributed by atoms with Gasteiger partial charge in [-0.1, -0.05) is 13.8 Å². The smallest absolute Gasteiger partial charge is 0.0494 e. The Hall–Kier alpha value is -0.120. The van der Waals surface area contributed by atoms with Crippen LogP contribution in [0, 0.1) is 5.41 Å². The second kappa shape index (κ2) is 4.63.